The topological polar surface area (TPSA) is 104 Å². The zero-order chi connectivity index (χ0) is 30.0. The van der Waals surface area contributed by atoms with Gasteiger partial charge in [-0.3, -0.25) is 9.59 Å². The molecule has 3 N–H and O–H groups in total. The first kappa shape index (κ1) is 29.9. The van der Waals surface area contributed by atoms with Crippen LogP contribution in [0.3, 0.4) is 0 Å². The van der Waals surface area contributed by atoms with E-state index in [4.69, 9.17) is 9.72 Å². The molecule has 6 rings (SSSR count). The van der Waals surface area contributed by atoms with Gasteiger partial charge in [0.2, 0.25) is 0 Å². The Morgan fingerprint density at radius 1 is 1.21 bits per heavy atom. The summed E-state index contributed by atoms with van der Waals surface area (Å²) in [5.41, 5.74) is 4.69. The molecule has 0 fully saturated rings. The fourth-order valence-electron chi connectivity index (χ4n) is 6.64. The van der Waals surface area contributed by atoms with Crippen molar-refractivity contribution in [2.45, 2.75) is 62.5 Å². The first-order chi connectivity index (χ1) is 20.9. The van der Waals surface area contributed by atoms with Gasteiger partial charge in [-0.1, -0.05) is 34.9 Å². The number of ether oxygens (including phenoxy) is 1. The number of fused-ring (bicyclic) bond motifs is 7. The van der Waals surface area contributed by atoms with Crippen molar-refractivity contribution in [2.75, 3.05) is 37.9 Å². The van der Waals surface area contributed by atoms with E-state index < -0.39 is 0 Å². The summed E-state index contributed by atoms with van der Waals surface area (Å²) in [6, 6.07) is 5.89. The molecule has 0 spiro atoms. The third-order valence-electron chi connectivity index (χ3n) is 9.22. The molecule has 0 radical (unpaired) electrons. The SMILES string of the molecule is CC[C@H]1CCC(=O)CC(=O)C2=Cc3cc(OC)c(O)cc3[C@@H](CC2)c2cnc3c(c2)[C@](CN2C=CNC2)(CCN3)SSC1. The van der Waals surface area contributed by atoms with Gasteiger partial charge in [0.05, 0.1) is 24.9 Å². The lowest BCUT2D eigenvalue weighted by Gasteiger charge is -2.41. The number of hydrogen-bond donors (Lipinski definition) is 3. The molecule has 0 amide bonds. The minimum atomic E-state index is -0.193. The highest BCUT2D eigenvalue weighted by Crippen LogP contribution is 2.53. The Morgan fingerprint density at radius 2 is 2.09 bits per heavy atom. The monoisotopic (exact) mass is 620 g/mol. The van der Waals surface area contributed by atoms with Gasteiger partial charge in [0.1, 0.15) is 11.6 Å². The number of phenols is 1. The maximum Gasteiger partial charge on any atom is 0.166 e. The number of anilines is 1. The number of nitrogens with zero attached hydrogens (tertiary/aromatic N) is 2. The molecule has 4 aliphatic rings. The van der Waals surface area contributed by atoms with E-state index in [0.717, 1.165) is 67.3 Å². The molecular formula is C33H40N4O4S2. The number of carbonyl (C=O) groups excluding carboxylic acids is 2. The van der Waals surface area contributed by atoms with E-state index in [9.17, 15) is 14.7 Å². The average Bonchev–Trinajstić information content (AvgIpc) is 3.44. The van der Waals surface area contributed by atoms with Gasteiger partial charge >= 0.3 is 0 Å². The van der Waals surface area contributed by atoms with Crippen LogP contribution in [0.15, 0.2) is 42.4 Å². The zero-order valence-corrected chi connectivity index (χ0v) is 26.5. The van der Waals surface area contributed by atoms with Crippen molar-refractivity contribution in [1.29, 1.82) is 0 Å². The standard InChI is InChI=1S/C33H40N4O4S2/c1-3-21-4-6-25(38)15-29(39)22-5-7-26(27-16-30(40)31(41-2)14-23(27)12-22)24-13-28-32(36-17-24)35-9-8-33(28,43-42-18-21)19-37-11-10-34-20-37/h10-14,16-17,21,26,34,40H,3-9,15,18-20H2,1-2H3,(H,35,36)/t21-,26-,33+/m0/s1. The predicted molar refractivity (Wildman–Crippen MR) is 174 cm³/mol. The second-order valence-corrected chi connectivity index (χ2v) is 14.7. The molecule has 1 aromatic carbocycles. The molecule has 3 atom stereocenters. The Balaban J connectivity index is 1.48. The minimum absolute atomic E-state index is 0.0132. The Labute approximate surface area is 261 Å². The largest absolute Gasteiger partial charge is 0.504 e. The van der Waals surface area contributed by atoms with Crippen LogP contribution < -0.4 is 15.4 Å². The number of pyridine rings is 1. The highest BCUT2D eigenvalue weighted by molar-refractivity contribution is 8.77. The van der Waals surface area contributed by atoms with Gasteiger partial charge in [0, 0.05) is 55.3 Å². The van der Waals surface area contributed by atoms with Gasteiger partial charge in [0.15, 0.2) is 17.3 Å². The number of aromatic hydroxyl groups is 1. The van der Waals surface area contributed by atoms with Crippen molar-refractivity contribution in [3.05, 3.63) is 64.6 Å². The second kappa shape index (κ2) is 12.9. The van der Waals surface area contributed by atoms with Crippen molar-refractivity contribution in [2.24, 2.45) is 5.92 Å². The smallest absolute Gasteiger partial charge is 0.166 e. The lowest BCUT2D eigenvalue weighted by molar-refractivity contribution is -0.125. The van der Waals surface area contributed by atoms with Crippen LogP contribution in [0.4, 0.5) is 5.82 Å². The third-order valence-corrected chi connectivity index (χ3v) is 12.5. The maximum absolute atomic E-state index is 13.5. The summed E-state index contributed by atoms with van der Waals surface area (Å²) in [6.07, 6.45) is 12.3. The van der Waals surface area contributed by atoms with E-state index in [1.54, 1.807) is 12.1 Å². The average molecular weight is 621 g/mol. The highest BCUT2D eigenvalue weighted by atomic mass is 33.1. The predicted octanol–water partition coefficient (Wildman–Crippen LogP) is 6.18. The Morgan fingerprint density at radius 3 is 2.88 bits per heavy atom. The van der Waals surface area contributed by atoms with Crippen molar-refractivity contribution >= 4 is 45.0 Å². The highest BCUT2D eigenvalue weighted by Gasteiger charge is 2.41. The molecule has 228 valence electrons. The van der Waals surface area contributed by atoms with E-state index in [1.807, 2.05) is 40.1 Å². The van der Waals surface area contributed by atoms with E-state index >= 15 is 0 Å². The number of carbonyl (C=O) groups is 2. The number of phenolic OH excluding ortho intramolecular Hbond substituents is 1. The number of nitrogens with one attached hydrogen (secondary N) is 2. The van der Waals surface area contributed by atoms with Gasteiger partial charge in [-0.25, -0.2) is 4.98 Å². The van der Waals surface area contributed by atoms with Crippen molar-refractivity contribution in [3.63, 3.8) is 0 Å². The van der Waals surface area contributed by atoms with E-state index in [0.29, 0.717) is 36.5 Å². The lowest BCUT2D eigenvalue weighted by Crippen LogP contribution is -2.41. The molecule has 43 heavy (non-hydrogen) atoms. The zero-order valence-electron chi connectivity index (χ0n) is 24.9. The summed E-state index contributed by atoms with van der Waals surface area (Å²) < 4.78 is 5.25. The Hall–Kier alpha value is -3.11. The summed E-state index contributed by atoms with van der Waals surface area (Å²) in [5.74, 6) is 2.54. The normalized spacial score (nSPS) is 25.7. The first-order valence-electron chi connectivity index (χ1n) is 15.2. The number of hydrogen-bond acceptors (Lipinski definition) is 10. The fourth-order valence-corrected chi connectivity index (χ4v) is 10.3. The summed E-state index contributed by atoms with van der Waals surface area (Å²) in [7, 11) is 5.38. The molecule has 0 saturated heterocycles. The molecule has 1 aliphatic carbocycles. The van der Waals surface area contributed by atoms with Gasteiger partial charge in [0.25, 0.3) is 0 Å². The number of rotatable bonds is 4. The number of methoxy groups -OCH3 is 1. The van der Waals surface area contributed by atoms with E-state index in [-0.39, 0.29) is 34.4 Å². The first-order valence-corrected chi connectivity index (χ1v) is 17.6. The van der Waals surface area contributed by atoms with Gasteiger partial charge in [-0.15, -0.1) is 0 Å². The molecule has 10 heteroatoms. The van der Waals surface area contributed by atoms with E-state index in [2.05, 4.69) is 34.7 Å². The van der Waals surface area contributed by atoms with Crippen LogP contribution in [0, 0.1) is 5.92 Å². The van der Waals surface area contributed by atoms with Crippen LogP contribution in [-0.2, 0) is 14.3 Å². The molecule has 0 saturated carbocycles. The van der Waals surface area contributed by atoms with Crippen LogP contribution in [0.2, 0.25) is 0 Å². The van der Waals surface area contributed by atoms with Crippen LogP contribution in [0.1, 0.15) is 80.0 Å². The van der Waals surface area contributed by atoms with Crippen LogP contribution in [-0.4, -0.2) is 59.2 Å². The summed E-state index contributed by atoms with van der Waals surface area (Å²) in [5, 5.41) is 17.7. The molecule has 1 aromatic heterocycles. The van der Waals surface area contributed by atoms with Crippen molar-refractivity contribution in [3.8, 4) is 11.5 Å². The lowest BCUT2D eigenvalue weighted by atomic mass is 9.83. The van der Waals surface area contributed by atoms with Gasteiger partial charge in [-0.05, 0) is 78.1 Å². The summed E-state index contributed by atoms with van der Waals surface area (Å²) in [4.78, 5) is 33.8. The van der Waals surface area contributed by atoms with E-state index in [1.165, 1.54) is 12.7 Å². The molecule has 0 unspecified atom stereocenters. The summed E-state index contributed by atoms with van der Waals surface area (Å²) in [6.45, 7) is 4.67. The third kappa shape index (κ3) is 6.27. The van der Waals surface area contributed by atoms with Gasteiger partial charge < -0.3 is 25.4 Å². The molecule has 4 bridgehead atoms. The van der Waals surface area contributed by atoms with Crippen molar-refractivity contribution in [1.82, 2.24) is 15.2 Å². The quantitative estimate of drug-likeness (QED) is 0.271. The second-order valence-electron chi connectivity index (χ2n) is 12.0. The Bertz CT molecular complexity index is 1460. The molecular weight excluding hydrogens is 581 g/mol. The molecule has 8 nitrogen and oxygen atoms in total. The van der Waals surface area contributed by atoms with Crippen LogP contribution >= 0.6 is 21.6 Å². The minimum Gasteiger partial charge on any atom is -0.504 e. The number of allylic oxidation sites excluding steroid dienone is 1. The van der Waals surface area contributed by atoms with Crippen LogP contribution in [0.25, 0.3) is 6.08 Å². The number of aromatic nitrogens is 1. The number of Topliss-reactive ketones (excluding diaryl/α,β-unsaturated/α-hetero) is 2. The molecule has 4 heterocycles. The maximum atomic E-state index is 13.5. The van der Waals surface area contributed by atoms with Crippen LogP contribution in [0.5, 0.6) is 11.5 Å². The van der Waals surface area contributed by atoms with Crippen molar-refractivity contribution < 1.29 is 19.4 Å². The Kier molecular flexibility index (Phi) is 8.95. The molecule has 3 aliphatic heterocycles. The van der Waals surface area contributed by atoms with Gasteiger partial charge in [-0.2, -0.15) is 0 Å². The fraction of sp³-hybridized carbons (Fsp3) is 0.485. The summed E-state index contributed by atoms with van der Waals surface area (Å²) >= 11 is 0. The molecule has 2 aromatic rings. The number of ketones is 2. The number of benzene rings is 1.